The molecule has 3 aromatic heterocycles. The van der Waals surface area contributed by atoms with Gasteiger partial charge in [0.25, 0.3) is 11.8 Å². The zero-order valence-corrected chi connectivity index (χ0v) is 18.5. The van der Waals surface area contributed by atoms with Gasteiger partial charge in [-0.15, -0.1) is 11.3 Å². The summed E-state index contributed by atoms with van der Waals surface area (Å²) in [5, 5.41) is 4.00. The standard InChI is InChI=1S/C21H20N8O3S/c1-28(13-5-3-2-4-6-13)21-25-16(24-20(22)26-21)17-23-18(32-27-17)14-7-8-15(33-14)19(30)29-9-11-31-12-10-29/h2-8H,9-12H2,1H3,(H2,22,24,25,26). The lowest BCUT2D eigenvalue weighted by atomic mass is 10.3. The van der Waals surface area contributed by atoms with E-state index < -0.39 is 0 Å². The monoisotopic (exact) mass is 464 g/mol. The van der Waals surface area contributed by atoms with Crippen LogP contribution in [0.5, 0.6) is 0 Å². The number of hydrogen-bond donors (Lipinski definition) is 1. The van der Waals surface area contributed by atoms with Gasteiger partial charge in [0.1, 0.15) is 0 Å². The summed E-state index contributed by atoms with van der Waals surface area (Å²) in [5.41, 5.74) is 6.80. The van der Waals surface area contributed by atoms with Crippen molar-refractivity contribution in [1.82, 2.24) is 30.0 Å². The van der Waals surface area contributed by atoms with Crippen LogP contribution in [0.4, 0.5) is 17.6 Å². The molecule has 2 N–H and O–H groups in total. The summed E-state index contributed by atoms with van der Waals surface area (Å²) in [7, 11) is 1.83. The van der Waals surface area contributed by atoms with E-state index in [1.165, 1.54) is 11.3 Å². The zero-order chi connectivity index (χ0) is 22.8. The Morgan fingerprint density at radius 2 is 1.82 bits per heavy atom. The average molecular weight is 465 g/mol. The second-order valence-electron chi connectivity index (χ2n) is 7.20. The van der Waals surface area contributed by atoms with E-state index in [2.05, 4.69) is 25.1 Å². The lowest BCUT2D eigenvalue weighted by molar-refractivity contribution is 0.0306. The van der Waals surface area contributed by atoms with Crippen LogP contribution < -0.4 is 10.6 Å². The maximum atomic E-state index is 12.7. The number of amides is 1. The second kappa shape index (κ2) is 8.92. The Bertz CT molecular complexity index is 1270. The van der Waals surface area contributed by atoms with Gasteiger partial charge in [0.2, 0.25) is 23.5 Å². The number of nitrogens with two attached hydrogens (primary N) is 1. The number of ether oxygens (including phenoxy) is 1. The van der Waals surface area contributed by atoms with Crippen molar-refractivity contribution in [3.63, 3.8) is 0 Å². The largest absolute Gasteiger partial charge is 0.378 e. The van der Waals surface area contributed by atoms with Crippen LogP contribution >= 0.6 is 11.3 Å². The fraction of sp³-hybridized carbons (Fsp3) is 0.238. The number of nitrogen functional groups attached to an aromatic ring is 1. The maximum Gasteiger partial charge on any atom is 0.268 e. The summed E-state index contributed by atoms with van der Waals surface area (Å²) in [4.78, 5) is 34.8. The molecule has 0 bridgehead atoms. The highest BCUT2D eigenvalue weighted by molar-refractivity contribution is 7.17. The van der Waals surface area contributed by atoms with E-state index in [1.54, 1.807) is 21.9 Å². The van der Waals surface area contributed by atoms with Crippen LogP contribution in [0.15, 0.2) is 47.0 Å². The van der Waals surface area contributed by atoms with Gasteiger partial charge in [-0.1, -0.05) is 23.4 Å². The highest BCUT2D eigenvalue weighted by Crippen LogP contribution is 2.29. The molecule has 4 aromatic rings. The lowest BCUT2D eigenvalue weighted by Gasteiger charge is -2.26. The molecular weight excluding hydrogens is 444 g/mol. The molecule has 1 aliphatic rings. The van der Waals surface area contributed by atoms with Gasteiger partial charge in [0.15, 0.2) is 0 Å². The predicted octanol–water partition coefficient (Wildman–Crippen LogP) is 2.47. The molecule has 11 nitrogen and oxygen atoms in total. The zero-order valence-electron chi connectivity index (χ0n) is 17.7. The number of anilines is 3. The quantitative estimate of drug-likeness (QED) is 0.469. The van der Waals surface area contributed by atoms with Crippen molar-refractivity contribution in [2.75, 3.05) is 44.0 Å². The summed E-state index contributed by atoms with van der Waals surface area (Å²) in [6, 6.07) is 13.2. The van der Waals surface area contributed by atoms with Crippen LogP contribution in [0.3, 0.4) is 0 Å². The number of para-hydroxylation sites is 1. The van der Waals surface area contributed by atoms with E-state index in [0.29, 0.717) is 42.0 Å². The summed E-state index contributed by atoms with van der Waals surface area (Å²) in [5.74, 6) is 0.997. The molecule has 0 spiro atoms. The van der Waals surface area contributed by atoms with E-state index in [1.807, 2.05) is 37.4 Å². The normalized spacial score (nSPS) is 13.8. The van der Waals surface area contributed by atoms with Crippen LogP contribution in [0.25, 0.3) is 22.4 Å². The van der Waals surface area contributed by atoms with E-state index in [-0.39, 0.29) is 29.4 Å². The van der Waals surface area contributed by atoms with Crippen molar-refractivity contribution >= 4 is 34.8 Å². The molecule has 12 heteroatoms. The van der Waals surface area contributed by atoms with Crippen LogP contribution in [0, 0.1) is 0 Å². The van der Waals surface area contributed by atoms with E-state index in [9.17, 15) is 4.79 Å². The van der Waals surface area contributed by atoms with E-state index >= 15 is 0 Å². The minimum absolute atomic E-state index is 0.0341. The van der Waals surface area contributed by atoms with Gasteiger partial charge in [-0.05, 0) is 24.3 Å². The van der Waals surface area contributed by atoms with Crippen molar-refractivity contribution in [3.8, 4) is 22.4 Å². The Hall–Kier alpha value is -3.90. The minimum atomic E-state index is -0.0341. The molecule has 0 saturated carbocycles. The average Bonchev–Trinajstić information content (AvgIpc) is 3.54. The Balaban J connectivity index is 1.38. The highest BCUT2D eigenvalue weighted by atomic mass is 32.1. The number of morpholine rings is 1. The van der Waals surface area contributed by atoms with Gasteiger partial charge < -0.3 is 24.8 Å². The predicted molar refractivity (Wildman–Crippen MR) is 122 cm³/mol. The number of rotatable bonds is 5. The third-order valence-corrected chi connectivity index (χ3v) is 6.10. The van der Waals surface area contributed by atoms with Gasteiger partial charge in [-0.2, -0.15) is 19.9 Å². The van der Waals surface area contributed by atoms with E-state index in [0.717, 1.165) is 5.69 Å². The Morgan fingerprint density at radius 1 is 1.03 bits per heavy atom. The molecule has 0 aliphatic carbocycles. The van der Waals surface area contributed by atoms with Crippen LogP contribution in [0.2, 0.25) is 0 Å². The molecule has 0 radical (unpaired) electrons. The molecule has 0 atom stereocenters. The number of nitrogens with zero attached hydrogens (tertiary/aromatic N) is 7. The first kappa shape index (κ1) is 21.0. The van der Waals surface area contributed by atoms with Gasteiger partial charge in [0.05, 0.1) is 23.0 Å². The summed E-state index contributed by atoms with van der Waals surface area (Å²) in [6.45, 7) is 2.26. The molecular formula is C21H20N8O3S. The second-order valence-corrected chi connectivity index (χ2v) is 8.29. The van der Waals surface area contributed by atoms with Gasteiger partial charge in [-0.25, -0.2) is 0 Å². The molecule has 33 heavy (non-hydrogen) atoms. The fourth-order valence-corrected chi connectivity index (χ4v) is 4.20. The van der Waals surface area contributed by atoms with E-state index in [4.69, 9.17) is 15.0 Å². The third kappa shape index (κ3) is 4.38. The van der Waals surface area contributed by atoms with Crippen molar-refractivity contribution in [2.45, 2.75) is 0 Å². The van der Waals surface area contributed by atoms with Crippen molar-refractivity contribution in [3.05, 3.63) is 47.3 Å². The maximum absolute atomic E-state index is 12.7. The highest BCUT2D eigenvalue weighted by Gasteiger charge is 2.22. The van der Waals surface area contributed by atoms with Crippen LogP contribution in [-0.2, 0) is 4.74 Å². The van der Waals surface area contributed by atoms with Gasteiger partial charge >= 0.3 is 0 Å². The Labute approximate surface area is 192 Å². The Morgan fingerprint density at radius 3 is 2.61 bits per heavy atom. The molecule has 1 saturated heterocycles. The molecule has 0 unspecified atom stereocenters. The SMILES string of the molecule is CN(c1ccccc1)c1nc(N)nc(-c2noc(-c3ccc(C(=O)N4CCOCC4)s3)n2)n1. The van der Waals surface area contributed by atoms with Crippen molar-refractivity contribution < 1.29 is 14.1 Å². The van der Waals surface area contributed by atoms with Crippen molar-refractivity contribution in [1.29, 1.82) is 0 Å². The number of hydrogen-bond acceptors (Lipinski definition) is 11. The molecule has 1 fully saturated rings. The number of benzene rings is 1. The Kier molecular flexibility index (Phi) is 5.67. The molecule has 1 aliphatic heterocycles. The number of thiophene rings is 1. The lowest BCUT2D eigenvalue weighted by Crippen LogP contribution is -2.40. The first-order valence-electron chi connectivity index (χ1n) is 10.2. The fourth-order valence-electron chi connectivity index (χ4n) is 3.30. The number of aromatic nitrogens is 5. The minimum Gasteiger partial charge on any atom is -0.378 e. The van der Waals surface area contributed by atoms with Gasteiger partial charge in [0, 0.05) is 25.8 Å². The van der Waals surface area contributed by atoms with Crippen molar-refractivity contribution in [2.24, 2.45) is 0 Å². The number of carbonyl (C=O) groups is 1. The summed E-state index contributed by atoms with van der Waals surface area (Å²) in [6.07, 6.45) is 0. The third-order valence-electron chi connectivity index (χ3n) is 5.04. The first-order valence-corrected chi connectivity index (χ1v) is 11.0. The summed E-state index contributed by atoms with van der Waals surface area (Å²) < 4.78 is 10.7. The molecule has 168 valence electrons. The first-order chi connectivity index (χ1) is 16.1. The molecule has 1 amide bonds. The molecule has 1 aromatic carbocycles. The van der Waals surface area contributed by atoms with Gasteiger partial charge in [-0.3, -0.25) is 4.79 Å². The smallest absolute Gasteiger partial charge is 0.268 e. The van der Waals surface area contributed by atoms with Crippen LogP contribution in [-0.4, -0.2) is 69.3 Å². The molecule has 5 rings (SSSR count). The summed E-state index contributed by atoms with van der Waals surface area (Å²) >= 11 is 1.29. The number of carbonyl (C=O) groups excluding carboxylic acids is 1. The topological polar surface area (TPSA) is 136 Å². The molecule has 4 heterocycles. The van der Waals surface area contributed by atoms with Crippen LogP contribution in [0.1, 0.15) is 9.67 Å².